The van der Waals surface area contributed by atoms with Crippen LogP contribution in [0.2, 0.25) is 0 Å². The molecular weight excluding hydrogens is 525 g/mol. The number of aromatic nitrogens is 2. The molecule has 0 aliphatic rings. The Kier molecular flexibility index (Phi) is 8.32. The van der Waals surface area contributed by atoms with E-state index in [9.17, 15) is 4.79 Å². The van der Waals surface area contributed by atoms with Crippen molar-refractivity contribution in [3.05, 3.63) is 51.9 Å². The molecule has 1 aromatic heterocycles. The molecule has 170 valence electrons. The summed E-state index contributed by atoms with van der Waals surface area (Å²) in [6.45, 7) is 4.13. The van der Waals surface area contributed by atoms with Gasteiger partial charge in [0.15, 0.2) is 18.1 Å². The van der Waals surface area contributed by atoms with Crippen LogP contribution in [0, 0.1) is 3.57 Å². The van der Waals surface area contributed by atoms with Crippen molar-refractivity contribution in [1.29, 1.82) is 0 Å². The summed E-state index contributed by atoms with van der Waals surface area (Å²) >= 11 is 2.22. The molecule has 0 bridgehead atoms. The molecule has 0 saturated carbocycles. The van der Waals surface area contributed by atoms with Gasteiger partial charge in [-0.1, -0.05) is 12.1 Å². The van der Waals surface area contributed by atoms with Crippen molar-refractivity contribution >= 4 is 28.5 Å². The van der Waals surface area contributed by atoms with Gasteiger partial charge >= 0.3 is 0 Å². The summed E-state index contributed by atoms with van der Waals surface area (Å²) in [5.74, 6) is 2.44. The molecule has 9 heteroatoms. The zero-order valence-electron chi connectivity index (χ0n) is 18.5. The molecule has 3 rings (SSSR count). The van der Waals surface area contributed by atoms with Gasteiger partial charge in [-0.2, -0.15) is 4.98 Å². The van der Waals surface area contributed by atoms with Gasteiger partial charge in [0, 0.05) is 15.2 Å². The third-order valence-corrected chi connectivity index (χ3v) is 5.75. The first-order chi connectivity index (χ1) is 15.4. The third kappa shape index (κ3) is 5.90. The van der Waals surface area contributed by atoms with Gasteiger partial charge in [0.25, 0.3) is 5.91 Å². The average molecular weight is 551 g/mol. The first-order valence-corrected chi connectivity index (χ1v) is 11.3. The van der Waals surface area contributed by atoms with Gasteiger partial charge in [0.1, 0.15) is 12.3 Å². The highest BCUT2D eigenvalue weighted by molar-refractivity contribution is 14.1. The van der Waals surface area contributed by atoms with Gasteiger partial charge in [-0.25, -0.2) is 0 Å². The van der Waals surface area contributed by atoms with E-state index in [4.69, 9.17) is 18.7 Å². The number of ether oxygens (including phenoxy) is 3. The molecule has 0 aliphatic carbocycles. The number of hydrogen-bond donors (Lipinski definition) is 0. The van der Waals surface area contributed by atoms with Crippen LogP contribution < -0.4 is 14.2 Å². The van der Waals surface area contributed by atoms with E-state index >= 15 is 0 Å². The van der Waals surface area contributed by atoms with Crippen molar-refractivity contribution in [3.8, 4) is 28.6 Å². The van der Waals surface area contributed by atoms with Crippen LogP contribution in [0.25, 0.3) is 11.4 Å². The maximum absolute atomic E-state index is 12.9. The Labute approximate surface area is 201 Å². The highest BCUT2D eigenvalue weighted by Crippen LogP contribution is 2.31. The maximum atomic E-state index is 12.9. The number of hydrogen-bond acceptors (Lipinski definition) is 7. The Morgan fingerprint density at radius 1 is 1.12 bits per heavy atom. The number of amides is 1. The zero-order valence-corrected chi connectivity index (χ0v) is 20.7. The van der Waals surface area contributed by atoms with Gasteiger partial charge in [-0.15, -0.1) is 0 Å². The van der Waals surface area contributed by atoms with Gasteiger partial charge < -0.3 is 23.6 Å². The second kappa shape index (κ2) is 11.2. The van der Waals surface area contributed by atoms with E-state index in [0.29, 0.717) is 29.0 Å². The molecule has 2 aromatic carbocycles. The Morgan fingerprint density at radius 3 is 2.50 bits per heavy atom. The molecule has 0 fully saturated rings. The molecule has 32 heavy (non-hydrogen) atoms. The minimum absolute atomic E-state index is 0.0146. The van der Waals surface area contributed by atoms with Crippen LogP contribution in [0.15, 0.2) is 47.0 Å². The molecule has 1 atom stereocenters. The van der Waals surface area contributed by atoms with Crippen LogP contribution >= 0.6 is 22.6 Å². The second-order valence-corrected chi connectivity index (χ2v) is 8.35. The minimum atomic E-state index is -0.149. The summed E-state index contributed by atoms with van der Waals surface area (Å²) in [4.78, 5) is 19.1. The van der Waals surface area contributed by atoms with Crippen LogP contribution in [0.1, 0.15) is 26.2 Å². The van der Waals surface area contributed by atoms with Crippen LogP contribution in [-0.2, 0) is 11.3 Å². The molecule has 8 nitrogen and oxygen atoms in total. The van der Waals surface area contributed by atoms with Crippen molar-refractivity contribution in [2.45, 2.75) is 32.9 Å². The van der Waals surface area contributed by atoms with E-state index in [1.165, 1.54) is 0 Å². The number of halogens is 1. The van der Waals surface area contributed by atoms with E-state index < -0.39 is 0 Å². The van der Waals surface area contributed by atoms with Gasteiger partial charge in [0.2, 0.25) is 11.7 Å². The Hall–Kier alpha value is -2.82. The molecule has 1 amide bonds. The predicted octanol–water partition coefficient (Wildman–Crippen LogP) is 4.56. The normalized spacial score (nSPS) is 11.7. The standard InChI is InChI=1S/C23H26IN3O5/c1-5-15(2)27(22(28)14-31-18-9-7-17(24)8-10-18)13-21-25-23(26-32-21)16-6-11-19(29-3)20(12-16)30-4/h6-12,15H,5,13-14H2,1-4H3. The van der Waals surface area contributed by atoms with Crippen molar-refractivity contribution in [3.63, 3.8) is 0 Å². The van der Waals surface area contributed by atoms with Gasteiger partial charge in [-0.3, -0.25) is 4.79 Å². The lowest BCUT2D eigenvalue weighted by molar-refractivity contribution is -0.136. The number of carbonyl (C=O) groups is 1. The highest BCUT2D eigenvalue weighted by Gasteiger charge is 2.23. The molecule has 0 aliphatic heterocycles. The van der Waals surface area contributed by atoms with E-state index in [1.54, 1.807) is 31.3 Å². The number of rotatable bonds is 10. The summed E-state index contributed by atoms with van der Waals surface area (Å²) in [6.07, 6.45) is 0.784. The second-order valence-electron chi connectivity index (χ2n) is 7.10. The zero-order chi connectivity index (χ0) is 23.1. The van der Waals surface area contributed by atoms with E-state index in [0.717, 1.165) is 15.6 Å². The lowest BCUT2D eigenvalue weighted by Crippen LogP contribution is -2.40. The third-order valence-electron chi connectivity index (χ3n) is 5.03. The predicted molar refractivity (Wildman–Crippen MR) is 128 cm³/mol. The lowest BCUT2D eigenvalue weighted by Gasteiger charge is -2.27. The molecule has 0 saturated heterocycles. The fraction of sp³-hybridized carbons (Fsp3) is 0.348. The van der Waals surface area contributed by atoms with Crippen LogP contribution in [0.5, 0.6) is 17.2 Å². The number of benzene rings is 2. The van der Waals surface area contributed by atoms with Crippen LogP contribution in [0.3, 0.4) is 0 Å². The van der Waals surface area contributed by atoms with Crippen molar-refractivity contribution in [2.24, 2.45) is 0 Å². The Morgan fingerprint density at radius 2 is 1.84 bits per heavy atom. The molecule has 1 unspecified atom stereocenters. The van der Waals surface area contributed by atoms with Crippen LogP contribution in [-0.4, -0.2) is 47.8 Å². The van der Waals surface area contributed by atoms with Crippen molar-refractivity contribution < 1.29 is 23.5 Å². The largest absolute Gasteiger partial charge is 0.493 e. The highest BCUT2D eigenvalue weighted by atomic mass is 127. The molecule has 1 heterocycles. The summed E-state index contributed by atoms with van der Waals surface area (Å²) < 4.78 is 22.8. The quantitative estimate of drug-likeness (QED) is 0.342. The number of methoxy groups -OCH3 is 2. The first-order valence-electron chi connectivity index (χ1n) is 10.2. The number of nitrogens with zero attached hydrogens (tertiary/aromatic N) is 3. The SMILES string of the molecule is CCC(C)N(Cc1nc(-c2ccc(OC)c(OC)c2)no1)C(=O)COc1ccc(I)cc1. The van der Waals surface area contributed by atoms with Gasteiger partial charge in [-0.05, 0) is 78.4 Å². The topological polar surface area (TPSA) is 86.9 Å². The summed E-state index contributed by atoms with van der Waals surface area (Å²) in [5, 5.41) is 4.06. The monoisotopic (exact) mass is 551 g/mol. The molecule has 0 N–H and O–H groups in total. The fourth-order valence-corrected chi connectivity index (χ4v) is 3.39. The summed E-state index contributed by atoms with van der Waals surface area (Å²) in [5.41, 5.74) is 0.723. The molecular formula is C23H26IN3O5. The lowest BCUT2D eigenvalue weighted by atomic mass is 10.2. The van der Waals surface area contributed by atoms with Crippen LogP contribution in [0.4, 0.5) is 0 Å². The van der Waals surface area contributed by atoms with Crippen molar-refractivity contribution in [2.75, 3.05) is 20.8 Å². The summed E-state index contributed by atoms with van der Waals surface area (Å²) in [7, 11) is 3.14. The molecule has 0 radical (unpaired) electrons. The smallest absolute Gasteiger partial charge is 0.261 e. The molecule has 3 aromatic rings. The van der Waals surface area contributed by atoms with E-state index in [-0.39, 0.29) is 25.1 Å². The molecule has 0 spiro atoms. The minimum Gasteiger partial charge on any atom is -0.493 e. The fourth-order valence-electron chi connectivity index (χ4n) is 3.03. The summed E-state index contributed by atoms with van der Waals surface area (Å²) in [6, 6.07) is 12.9. The van der Waals surface area contributed by atoms with E-state index in [1.807, 2.05) is 44.2 Å². The van der Waals surface area contributed by atoms with Gasteiger partial charge in [0.05, 0.1) is 14.2 Å². The van der Waals surface area contributed by atoms with E-state index in [2.05, 4.69) is 32.7 Å². The Bertz CT molecular complexity index is 1040. The first kappa shape index (κ1) is 23.8. The van der Waals surface area contributed by atoms with Crippen molar-refractivity contribution in [1.82, 2.24) is 15.0 Å². The average Bonchev–Trinajstić information content (AvgIpc) is 3.29. The maximum Gasteiger partial charge on any atom is 0.261 e. The number of carbonyl (C=O) groups excluding carboxylic acids is 1. The Balaban J connectivity index is 1.71.